The summed E-state index contributed by atoms with van der Waals surface area (Å²) in [4.78, 5) is 4.28. The van der Waals surface area contributed by atoms with E-state index in [4.69, 9.17) is 5.73 Å². The fourth-order valence-electron chi connectivity index (χ4n) is 2.09. The van der Waals surface area contributed by atoms with Crippen molar-refractivity contribution < 1.29 is 0 Å². The molecule has 2 aromatic heterocycles. The zero-order valence-electron chi connectivity index (χ0n) is 10.7. The van der Waals surface area contributed by atoms with Crippen molar-refractivity contribution in [2.45, 2.75) is 6.54 Å². The fraction of sp³-hybridized carbons (Fsp3) is 0.143. The van der Waals surface area contributed by atoms with Crippen molar-refractivity contribution >= 4 is 22.3 Å². The number of nitrogen functional groups attached to an aromatic ring is 1. The Morgan fingerprint density at radius 2 is 2.21 bits per heavy atom. The van der Waals surface area contributed by atoms with Crippen molar-refractivity contribution in [3.05, 3.63) is 48.4 Å². The van der Waals surface area contributed by atoms with Gasteiger partial charge in [-0.3, -0.25) is 9.67 Å². The third kappa shape index (κ3) is 2.22. The molecule has 1 aromatic carbocycles. The predicted octanol–water partition coefficient (Wildman–Crippen LogP) is 2.16. The van der Waals surface area contributed by atoms with Crippen LogP contribution in [0.3, 0.4) is 0 Å². The van der Waals surface area contributed by atoms with Gasteiger partial charge in [0.1, 0.15) is 0 Å². The highest BCUT2D eigenvalue weighted by Gasteiger charge is 2.05. The summed E-state index contributed by atoms with van der Waals surface area (Å²) in [5.41, 5.74) is 9.84. The molecule has 0 aliphatic rings. The average Bonchev–Trinajstić information content (AvgIpc) is 2.84. The van der Waals surface area contributed by atoms with E-state index >= 15 is 0 Å². The number of pyridine rings is 1. The van der Waals surface area contributed by atoms with Gasteiger partial charge in [0.05, 0.1) is 23.1 Å². The number of anilines is 2. The van der Waals surface area contributed by atoms with Gasteiger partial charge in [-0.25, -0.2) is 0 Å². The van der Waals surface area contributed by atoms with E-state index in [1.807, 2.05) is 43.7 Å². The highest BCUT2D eigenvalue weighted by molar-refractivity contribution is 5.96. The second-order valence-electron chi connectivity index (χ2n) is 4.47. The Kier molecular flexibility index (Phi) is 2.79. The van der Waals surface area contributed by atoms with E-state index in [9.17, 15) is 0 Å². The molecule has 0 bridgehead atoms. The van der Waals surface area contributed by atoms with Crippen LogP contribution in [-0.4, -0.2) is 14.8 Å². The van der Waals surface area contributed by atoms with Gasteiger partial charge in [-0.05, 0) is 24.3 Å². The number of fused-ring (bicyclic) bond motifs is 1. The Hall–Kier alpha value is -2.56. The molecule has 0 fully saturated rings. The first kappa shape index (κ1) is 11.5. The molecule has 2 heterocycles. The standard InChI is InChI=1S/C14H15N5/c1-19-9-10(8-18-19)7-17-13-5-4-12-11(14(13)15)3-2-6-16-12/h2-6,8-9,17H,7,15H2,1H3. The Labute approximate surface area is 111 Å². The average molecular weight is 253 g/mol. The van der Waals surface area contributed by atoms with Gasteiger partial charge in [0.2, 0.25) is 0 Å². The van der Waals surface area contributed by atoms with Crippen molar-refractivity contribution in [2.75, 3.05) is 11.1 Å². The summed E-state index contributed by atoms with van der Waals surface area (Å²) < 4.78 is 1.78. The molecule has 5 heteroatoms. The monoisotopic (exact) mass is 253 g/mol. The molecule has 0 saturated heterocycles. The number of aromatic nitrogens is 3. The Morgan fingerprint density at radius 1 is 1.32 bits per heavy atom. The number of nitrogens with two attached hydrogens (primary N) is 1. The van der Waals surface area contributed by atoms with Crippen LogP contribution in [0, 0.1) is 0 Å². The van der Waals surface area contributed by atoms with Gasteiger partial charge < -0.3 is 11.1 Å². The van der Waals surface area contributed by atoms with E-state index in [2.05, 4.69) is 15.4 Å². The molecular formula is C14H15N5. The summed E-state index contributed by atoms with van der Waals surface area (Å²) in [6.07, 6.45) is 5.59. The number of benzene rings is 1. The molecule has 0 aliphatic carbocycles. The smallest absolute Gasteiger partial charge is 0.0724 e. The highest BCUT2D eigenvalue weighted by Crippen LogP contribution is 2.27. The maximum Gasteiger partial charge on any atom is 0.0724 e. The van der Waals surface area contributed by atoms with Gasteiger partial charge in [-0.1, -0.05) is 0 Å². The number of hydrogen-bond acceptors (Lipinski definition) is 4. The molecule has 3 N–H and O–H groups in total. The first-order chi connectivity index (χ1) is 9.24. The zero-order chi connectivity index (χ0) is 13.2. The van der Waals surface area contributed by atoms with Crippen LogP contribution >= 0.6 is 0 Å². The predicted molar refractivity (Wildman–Crippen MR) is 76.7 cm³/mol. The Morgan fingerprint density at radius 3 is 3.00 bits per heavy atom. The topological polar surface area (TPSA) is 68.8 Å². The van der Waals surface area contributed by atoms with Crippen molar-refractivity contribution in [3.8, 4) is 0 Å². The Bertz CT molecular complexity index is 717. The molecule has 0 unspecified atom stereocenters. The lowest BCUT2D eigenvalue weighted by Gasteiger charge is -2.10. The summed E-state index contributed by atoms with van der Waals surface area (Å²) in [5.74, 6) is 0. The van der Waals surface area contributed by atoms with Crippen LogP contribution in [0.1, 0.15) is 5.56 Å². The fourth-order valence-corrected chi connectivity index (χ4v) is 2.09. The quantitative estimate of drug-likeness (QED) is 0.702. The summed E-state index contributed by atoms with van der Waals surface area (Å²) in [5, 5.41) is 8.44. The molecule has 0 atom stereocenters. The lowest BCUT2D eigenvalue weighted by atomic mass is 10.1. The molecular weight excluding hydrogens is 238 g/mol. The summed E-state index contributed by atoms with van der Waals surface area (Å²) >= 11 is 0. The van der Waals surface area contributed by atoms with Gasteiger partial charge in [0.15, 0.2) is 0 Å². The maximum absolute atomic E-state index is 6.17. The molecule has 3 aromatic rings. The van der Waals surface area contributed by atoms with E-state index in [0.717, 1.165) is 27.8 Å². The van der Waals surface area contributed by atoms with Crippen LogP contribution in [0.15, 0.2) is 42.9 Å². The Balaban J connectivity index is 1.87. The number of nitrogens with one attached hydrogen (secondary N) is 1. The normalized spacial score (nSPS) is 10.8. The summed E-state index contributed by atoms with van der Waals surface area (Å²) in [7, 11) is 1.90. The van der Waals surface area contributed by atoms with E-state index in [1.54, 1.807) is 10.9 Å². The molecule has 0 radical (unpaired) electrons. The molecule has 0 saturated carbocycles. The minimum atomic E-state index is 0.698. The maximum atomic E-state index is 6.17. The lowest BCUT2D eigenvalue weighted by Crippen LogP contribution is -2.02. The van der Waals surface area contributed by atoms with Crippen LogP contribution < -0.4 is 11.1 Å². The molecule has 0 spiro atoms. The largest absolute Gasteiger partial charge is 0.397 e. The highest BCUT2D eigenvalue weighted by atomic mass is 15.2. The zero-order valence-corrected chi connectivity index (χ0v) is 10.7. The number of aryl methyl sites for hydroxylation is 1. The lowest BCUT2D eigenvalue weighted by molar-refractivity contribution is 0.767. The van der Waals surface area contributed by atoms with Gasteiger partial charge in [0, 0.05) is 36.9 Å². The van der Waals surface area contributed by atoms with E-state index < -0.39 is 0 Å². The minimum absolute atomic E-state index is 0.698. The number of nitrogens with zero attached hydrogens (tertiary/aromatic N) is 3. The van der Waals surface area contributed by atoms with Crippen LogP contribution in [0.4, 0.5) is 11.4 Å². The molecule has 0 amide bonds. The van der Waals surface area contributed by atoms with Crippen molar-refractivity contribution in [1.82, 2.24) is 14.8 Å². The third-order valence-corrected chi connectivity index (χ3v) is 3.07. The van der Waals surface area contributed by atoms with Crippen LogP contribution in [0.2, 0.25) is 0 Å². The summed E-state index contributed by atoms with van der Waals surface area (Å²) in [6, 6.07) is 7.80. The van der Waals surface area contributed by atoms with Crippen molar-refractivity contribution in [3.63, 3.8) is 0 Å². The first-order valence-corrected chi connectivity index (χ1v) is 6.08. The van der Waals surface area contributed by atoms with E-state index in [1.165, 1.54) is 0 Å². The minimum Gasteiger partial charge on any atom is -0.397 e. The van der Waals surface area contributed by atoms with E-state index in [0.29, 0.717) is 6.54 Å². The SMILES string of the molecule is Cn1cc(CNc2ccc3ncccc3c2N)cn1. The summed E-state index contributed by atoms with van der Waals surface area (Å²) in [6.45, 7) is 0.698. The number of rotatable bonds is 3. The second kappa shape index (κ2) is 4.61. The van der Waals surface area contributed by atoms with Crippen molar-refractivity contribution in [1.29, 1.82) is 0 Å². The molecule has 3 rings (SSSR count). The van der Waals surface area contributed by atoms with Crippen LogP contribution in [0.5, 0.6) is 0 Å². The van der Waals surface area contributed by atoms with Gasteiger partial charge >= 0.3 is 0 Å². The van der Waals surface area contributed by atoms with Crippen LogP contribution in [-0.2, 0) is 13.6 Å². The molecule has 19 heavy (non-hydrogen) atoms. The third-order valence-electron chi connectivity index (χ3n) is 3.07. The van der Waals surface area contributed by atoms with Gasteiger partial charge in [-0.2, -0.15) is 5.10 Å². The molecule has 96 valence electrons. The van der Waals surface area contributed by atoms with Gasteiger partial charge in [-0.15, -0.1) is 0 Å². The van der Waals surface area contributed by atoms with Gasteiger partial charge in [0.25, 0.3) is 0 Å². The van der Waals surface area contributed by atoms with Crippen LogP contribution in [0.25, 0.3) is 10.9 Å². The van der Waals surface area contributed by atoms with Crippen molar-refractivity contribution in [2.24, 2.45) is 7.05 Å². The first-order valence-electron chi connectivity index (χ1n) is 6.08. The molecule has 0 aliphatic heterocycles. The van der Waals surface area contributed by atoms with E-state index in [-0.39, 0.29) is 0 Å². The number of hydrogen-bond donors (Lipinski definition) is 2. The second-order valence-corrected chi connectivity index (χ2v) is 4.47. The molecule has 5 nitrogen and oxygen atoms in total.